The quantitative estimate of drug-likeness (QED) is 0.787. The van der Waals surface area contributed by atoms with Gasteiger partial charge in [-0.25, -0.2) is 0 Å². The molecule has 1 unspecified atom stereocenters. The zero-order valence-electron chi connectivity index (χ0n) is 12.7. The molecule has 1 saturated heterocycles. The first-order valence-electron chi connectivity index (χ1n) is 8.17. The van der Waals surface area contributed by atoms with Crippen LogP contribution in [0, 0.1) is 5.41 Å². The van der Waals surface area contributed by atoms with Gasteiger partial charge in [0.1, 0.15) is 0 Å². The smallest absolute Gasteiger partial charge is 0.230 e. The first-order chi connectivity index (χ1) is 9.62. The number of carbonyl (C=O) groups is 2. The topological polar surface area (TPSA) is 63.4 Å². The van der Waals surface area contributed by atoms with E-state index in [9.17, 15) is 9.59 Å². The van der Waals surface area contributed by atoms with Crippen LogP contribution < -0.4 is 5.73 Å². The number of piperidine rings is 1. The third kappa shape index (κ3) is 3.22. The van der Waals surface area contributed by atoms with Gasteiger partial charge in [0, 0.05) is 19.4 Å². The molecule has 0 aromatic heterocycles. The predicted octanol–water partition coefficient (Wildman–Crippen LogP) is 2.60. The van der Waals surface area contributed by atoms with Gasteiger partial charge in [0.25, 0.3) is 0 Å². The van der Waals surface area contributed by atoms with E-state index in [1.807, 2.05) is 0 Å². The van der Waals surface area contributed by atoms with E-state index in [0.29, 0.717) is 19.4 Å². The molecule has 0 radical (unpaired) electrons. The zero-order chi connectivity index (χ0) is 14.6. The fourth-order valence-corrected chi connectivity index (χ4v) is 3.87. The van der Waals surface area contributed by atoms with Crippen molar-refractivity contribution in [3.63, 3.8) is 0 Å². The Balaban J connectivity index is 2.06. The van der Waals surface area contributed by atoms with Gasteiger partial charge in [0.05, 0.1) is 6.04 Å². The normalized spacial score (nSPS) is 24.2. The molecule has 4 nitrogen and oxygen atoms in total. The predicted molar refractivity (Wildman–Crippen MR) is 79.0 cm³/mol. The van der Waals surface area contributed by atoms with E-state index in [1.165, 1.54) is 11.3 Å². The van der Waals surface area contributed by atoms with Crippen LogP contribution in [0.1, 0.15) is 71.1 Å². The molecule has 114 valence electrons. The summed E-state index contributed by atoms with van der Waals surface area (Å²) in [5.41, 5.74) is 5.77. The number of likely N-dealkylation sites (tertiary alicyclic amines) is 1. The number of rotatable bonds is 5. The minimum atomic E-state index is -0.0871. The fourth-order valence-electron chi connectivity index (χ4n) is 3.87. The lowest BCUT2D eigenvalue weighted by Crippen LogP contribution is -2.54. The zero-order valence-corrected chi connectivity index (χ0v) is 12.7. The fraction of sp³-hybridized carbons (Fsp3) is 0.875. The van der Waals surface area contributed by atoms with E-state index in [-0.39, 0.29) is 23.3 Å². The van der Waals surface area contributed by atoms with Gasteiger partial charge in [-0.15, -0.1) is 0 Å². The summed E-state index contributed by atoms with van der Waals surface area (Å²) < 4.78 is 0. The summed E-state index contributed by atoms with van der Waals surface area (Å²) in [6, 6.07) is -0.0871. The van der Waals surface area contributed by atoms with Crippen molar-refractivity contribution in [2.24, 2.45) is 11.1 Å². The van der Waals surface area contributed by atoms with Gasteiger partial charge in [-0.1, -0.05) is 39.0 Å². The van der Waals surface area contributed by atoms with E-state index in [4.69, 9.17) is 5.73 Å². The standard InChI is InChI=1S/C16H28N2O2/c1-2-3-7-13(12-17)18-14(19)10-16(11-15(18)20)8-5-4-6-9-16/h13H,2-12,17H2,1H3. The molecule has 1 atom stereocenters. The van der Waals surface area contributed by atoms with Crippen LogP contribution in [0.5, 0.6) is 0 Å². The van der Waals surface area contributed by atoms with Crippen LogP contribution in [0.3, 0.4) is 0 Å². The minimum absolute atomic E-state index is 0.0210. The number of nitrogens with zero attached hydrogens (tertiary/aromatic N) is 1. The Morgan fingerprint density at radius 2 is 1.75 bits per heavy atom. The summed E-state index contributed by atoms with van der Waals surface area (Å²) in [5.74, 6) is 0.0457. The van der Waals surface area contributed by atoms with Gasteiger partial charge in [-0.3, -0.25) is 14.5 Å². The van der Waals surface area contributed by atoms with Crippen molar-refractivity contribution in [3.05, 3.63) is 0 Å². The van der Waals surface area contributed by atoms with Gasteiger partial charge < -0.3 is 5.73 Å². The highest BCUT2D eigenvalue weighted by Gasteiger charge is 2.45. The van der Waals surface area contributed by atoms with Gasteiger partial charge in [0.2, 0.25) is 11.8 Å². The van der Waals surface area contributed by atoms with Crippen LogP contribution in [0.15, 0.2) is 0 Å². The highest BCUT2D eigenvalue weighted by molar-refractivity contribution is 5.99. The Kier molecular flexibility index (Phi) is 5.19. The van der Waals surface area contributed by atoms with Crippen molar-refractivity contribution in [1.29, 1.82) is 0 Å². The maximum atomic E-state index is 12.5. The Morgan fingerprint density at radius 1 is 1.15 bits per heavy atom. The van der Waals surface area contributed by atoms with Crippen LogP contribution in [0.4, 0.5) is 0 Å². The highest BCUT2D eigenvalue weighted by Crippen LogP contribution is 2.45. The molecule has 2 rings (SSSR count). The van der Waals surface area contributed by atoms with E-state index >= 15 is 0 Å². The van der Waals surface area contributed by atoms with Gasteiger partial charge >= 0.3 is 0 Å². The van der Waals surface area contributed by atoms with E-state index in [2.05, 4.69) is 6.92 Å². The van der Waals surface area contributed by atoms with E-state index < -0.39 is 0 Å². The summed E-state index contributed by atoms with van der Waals surface area (Å²) in [4.78, 5) is 26.5. The average Bonchev–Trinajstić information content (AvgIpc) is 2.42. The number of nitrogens with two attached hydrogens (primary N) is 1. The second-order valence-corrected chi connectivity index (χ2v) is 6.60. The number of amides is 2. The molecule has 4 heteroatoms. The number of hydrogen-bond donors (Lipinski definition) is 1. The Hall–Kier alpha value is -0.900. The molecule has 0 aromatic rings. The van der Waals surface area contributed by atoms with Gasteiger partial charge in [-0.05, 0) is 24.7 Å². The highest BCUT2D eigenvalue weighted by atomic mass is 16.2. The molecule has 1 aliphatic heterocycles. The van der Waals surface area contributed by atoms with Crippen molar-refractivity contribution < 1.29 is 9.59 Å². The monoisotopic (exact) mass is 280 g/mol. The Bertz CT molecular complexity index is 341. The molecular formula is C16H28N2O2. The van der Waals surface area contributed by atoms with Crippen molar-refractivity contribution in [3.8, 4) is 0 Å². The van der Waals surface area contributed by atoms with Crippen molar-refractivity contribution in [2.75, 3.05) is 6.54 Å². The molecular weight excluding hydrogens is 252 g/mol. The summed E-state index contributed by atoms with van der Waals surface area (Å²) in [6.45, 7) is 2.51. The SMILES string of the molecule is CCCCC(CN)N1C(=O)CC2(CCCCC2)CC1=O. The average molecular weight is 280 g/mol. The maximum absolute atomic E-state index is 12.5. The third-order valence-corrected chi connectivity index (χ3v) is 5.03. The van der Waals surface area contributed by atoms with Crippen LogP contribution in [-0.4, -0.2) is 29.3 Å². The molecule has 20 heavy (non-hydrogen) atoms. The molecule has 1 heterocycles. The lowest BCUT2D eigenvalue weighted by molar-refractivity contribution is -0.157. The summed E-state index contributed by atoms with van der Waals surface area (Å²) in [7, 11) is 0. The largest absolute Gasteiger partial charge is 0.328 e. The first-order valence-corrected chi connectivity index (χ1v) is 8.17. The van der Waals surface area contributed by atoms with Crippen LogP contribution in [0.2, 0.25) is 0 Å². The number of unbranched alkanes of at least 4 members (excludes halogenated alkanes) is 1. The van der Waals surface area contributed by atoms with E-state index in [1.54, 1.807) is 0 Å². The maximum Gasteiger partial charge on any atom is 0.230 e. The molecule has 1 spiro atoms. The van der Waals surface area contributed by atoms with Crippen molar-refractivity contribution in [1.82, 2.24) is 4.90 Å². The summed E-state index contributed by atoms with van der Waals surface area (Å²) >= 11 is 0. The number of carbonyl (C=O) groups excluding carboxylic acids is 2. The number of hydrogen-bond acceptors (Lipinski definition) is 3. The van der Waals surface area contributed by atoms with Crippen molar-refractivity contribution >= 4 is 11.8 Å². The van der Waals surface area contributed by atoms with E-state index in [0.717, 1.165) is 44.9 Å². The molecule has 0 bridgehead atoms. The molecule has 2 N–H and O–H groups in total. The third-order valence-electron chi connectivity index (χ3n) is 5.03. The van der Waals surface area contributed by atoms with Crippen LogP contribution >= 0.6 is 0 Å². The molecule has 1 aliphatic carbocycles. The second-order valence-electron chi connectivity index (χ2n) is 6.60. The van der Waals surface area contributed by atoms with Gasteiger partial charge in [-0.2, -0.15) is 0 Å². The lowest BCUT2D eigenvalue weighted by atomic mass is 9.67. The summed E-state index contributed by atoms with van der Waals surface area (Å²) in [6.07, 6.45) is 9.70. The molecule has 2 fully saturated rings. The summed E-state index contributed by atoms with van der Waals surface area (Å²) in [5, 5.41) is 0. The molecule has 0 aromatic carbocycles. The molecule has 1 saturated carbocycles. The molecule has 2 aliphatic rings. The van der Waals surface area contributed by atoms with Crippen molar-refractivity contribution in [2.45, 2.75) is 77.2 Å². The van der Waals surface area contributed by atoms with Gasteiger partial charge in [0.15, 0.2) is 0 Å². The lowest BCUT2D eigenvalue weighted by Gasteiger charge is -2.44. The number of imide groups is 1. The Labute approximate surface area is 122 Å². The van der Waals surface area contributed by atoms with Crippen LogP contribution in [-0.2, 0) is 9.59 Å². The first kappa shape index (κ1) is 15.5. The van der Waals surface area contributed by atoms with Crippen LogP contribution in [0.25, 0.3) is 0 Å². The minimum Gasteiger partial charge on any atom is -0.328 e. The molecule has 2 amide bonds. The Morgan fingerprint density at radius 3 is 2.25 bits per heavy atom. The second kappa shape index (κ2) is 6.70.